The highest BCUT2D eigenvalue weighted by Crippen LogP contribution is 2.23. The van der Waals surface area contributed by atoms with Crippen LogP contribution in [0.15, 0.2) is 40.2 Å². The van der Waals surface area contributed by atoms with Crippen LogP contribution in [0.1, 0.15) is 16.0 Å². The monoisotopic (exact) mass is 435 g/mol. The molecule has 1 aromatic carbocycles. The van der Waals surface area contributed by atoms with Crippen molar-refractivity contribution in [3.63, 3.8) is 0 Å². The molecule has 1 amide bonds. The van der Waals surface area contributed by atoms with E-state index in [0.29, 0.717) is 13.1 Å². The van der Waals surface area contributed by atoms with E-state index in [4.69, 9.17) is 0 Å². The summed E-state index contributed by atoms with van der Waals surface area (Å²) >= 11 is 5.32. The summed E-state index contributed by atoms with van der Waals surface area (Å²) in [5.74, 6) is 0.198. The molecule has 1 saturated heterocycles. The molecule has 1 aliphatic heterocycles. The summed E-state index contributed by atoms with van der Waals surface area (Å²) in [6.07, 6.45) is 0. The van der Waals surface area contributed by atoms with Gasteiger partial charge in [-0.2, -0.15) is 0 Å². The van der Waals surface area contributed by atoms with Gasteiger partial charge in [0.1, 0.15) is 0 Å². The van der Waals surface area contributed by atoms with Gasteiger partial charge in [0.2, 0.25) is 5.91 Å². The van der Waals surface area contributed by atoms with Crippen molar-refractivity contribution in [2.45, 2.75) is 20.0 Å². The first kappa shape index (κ1) is 19.5. The molecule has 0 atom stereocenters. The number of amides is 1. The molecule has 26 heavy (non-hydrogen) atoms. The molecule has 4 nitrogen and oxygen atoms in total. The first-order valence-electron chi connectivity index (χ1n) is 8.98. The molecule has 0 bridgehead atoms. The maximum absolute atomic E-state index is 12.6. The summed E-state index contributed by atoms with van der Waals surface area (Å²) in [5.41, 5.74) is 2.45. The van der Waals surface area contributed by atoms with E-state index in [2.05, 4.69) is 56.9 Å². The third kappa shape index (κ3) is 5.39. The van der Waals surface area contributed by atoms with E-state index in [1.54, 1.807) is 11.3 Å². The van der Waals surface area contributed by atoms with Crippen LogP contribution in [0.3, 0.4) is 0 Å². The molecule has 1 aromatic heterocycles. The summed E-state index contributed by atoms with van der Waals surface area (Å²) in [4.78, 5) is 20.5. The fourth-order valence-electron chi connectivity index (χ4n) is 3.21. The number of thiophene rings is 1. The molecule has 6 heteroatoms. The Bertz CT molecular complexity index is 740. The number of hydrogen-bond acceptors (Lipinski definition) is 4. The highest BCUT2D eigenvalue weighted by molar-refractivity contribution is 9.11. The number of likely N-dealkylation sites (N-methyl/N-ethyl adjacent to an activating group) is 1. The van der Waals surface area contributed by atoms with Gasteiger partial charge in [-0.05, 0) is 46.1 Å². The predicted octanol–water partition coefficient (Wildman–Crippen LogP) is 3.60. The lowest BCUT2D eigenvalue weighted by Gasteiger charge is -2.34. The van der Waals surface area contributed by atoms with Gasteiger partial charge in [0, 0.05) is 51.2 Å². The first-order valence-corrected chi connectivity index (χ1v) is 10.6. The third-order valence-corrected chi connectivity index (χ3v) is 6.54. The van der Waals surface area contributed by atoms with Gasteiger partial charge in [0.15, 0.2) is 0 Å². The number of nitrogens with zero attached hydrogens (tertiary/aromatic N) is 3. The van der Waals surface area contributed by atoms with Crippen molar-refractivity contribution in [3.8, 4) is 0 Å². The van der Waals surface area contributed by atoms with Gasteiger partial charge in [0.05, 0.1) is 10.3 Å². The summed E-state index contributed by atoms with van der Waals surface area (Å²) in [6, 6.07) is 12.6. The van der Waals surface area contributed by atoms with Crippen LogP contribution in [-0.4, -0.2) is 60.4 Å². The quantitative estimate of drug-likeness (QED) is 0.693. The fourth-order valence-corrected chi connectivity index (χ4v) is 4.73. The van der Waals surface area contributed by atoms with Gasteiger partial charge >= 0.3 is 0 Å². The smallest absolute Gasteiger partial charge is 0.236 e. The number of hydrogen-bond donors (Lipinski definition) is 0. The Morgan fingerprint density at radius 2 is 1.81 bits per heavy atom. The summed E-state index contributed by atoms with van der Waals surface area (Å²) < 4.78 is 1.19. The van der Waals surface area contributed by atoms with Crippen molar-refractivity contribution in [3.05, 3.63) is 56.2 Å². The summed E-state index contributed by atoms with van der Waals surface area (Å²) in [7, 11) is 1.90. The molecule has 0 spiro atoms. The van der Waals surface area contributed by atoms with Crippen LogP contribution in [0, 0.1) is 6.92 Å². The highest BCUT2D eigenvalue weighted by atomic mass is 79.9. The van der Waals surface area contributed by atoms with E-state index in [9.17, 15) is 4.79 Å². The second kappa shape index (κ2) is 9.13. The molecule has 1 aliphatic rings. The van der Waals surface area contributed by atoms with Crippen LogP contribution in [0.25, 0.3) is 0 Å². The van der Waals surface area contributed by atoms with Crippen molar-refractivity contribution in [2.24, 2.45) is 0 Å². The van der Waals surface area contributed by atoms with Gasteiger partial charge in [-0.25, -0.2) is 0 Å². The maximum Gasteiger partial charge on any atom is 0.236 e. The largest absolute Gasteiger partial charge is 0.340 e. The van der Waals surface area contributed by atoms with Gasteiger partial charge in [-0.15, -0.1) is 11.3 Å². The molecule has 0 N–H and O–H groups in total. The van der Waals surface area contributed by atoms with Crippen molar-refractivity contribution in [1.29, 1.82) is 0 Å². The van der Waals surface area contributed by atoms with Crippen LogP contribution in [0.2, 0.25) is 0 Å². The Morgan fingerprint density at radius 1 is 1.12 bits per heavy atom. The molecule has 0 radical (unpaired) electrons. The highest BCUT2D eigenvalue weighted by Gasteiger charge is 2.21. The van der Waals surface area contributed by atoms with E-state index in [-0.39, 0.29) is 5.91 Å². The first-order chi connectivity index (χ1) is 12.5. The van der Waals surface area contributed by atoms with Crippen LogP contribution in [0.4, 0.5) is 0 Å². The van der Waals surface area contributed by atoms with Gasteiger partial charge < -0.3 is 4.90 Å². The number of piperazine rings is 1. The molecule has 0 aliphatic carbocycles. The Labute approximate surface area is 168 Å². The van der Waals surface area contributed by atoms with Gasteiger partial charge in [-0.1, -0.05) is 24.3 Å². The molecule has 2 heterocycles. The lowest BCUT2D eigenvalue weighted by atomic mass is 10.1. The Hall–Kier alpha value is -1.21. The minimum Gasteiger partial charge on any atom is -0.340 e. The van der Waals surface area contributed by atoms with Crippen molar-refractivity contribution >= 4 is 33.2 Å². The minimum atomic E-state index is 0.198. The van der Waals surface area contributed by atoms with E-state index < -0.39 is 0 Å². The normalized spacial score (nSPS) is 16.0. The topological polar surface area (TPSA) is 26.8 Å². The predicted molar refractivity (Wildman–Crippen MR) is 111 cm³/mol. The Balaban J connectivity index is 1.43. The molecule has 140 valence electrons. The standard InChI is InChI=1S/C20H26BrN3OS/c1-16-5-3-4-6-17(16)13-22(2)20(25)15-24-11-9-23(10-12-24)14-18-7-8-19(21)26-18/h3-8H,9-15H2,1-2H3. The van der Waals surface area contributed by atoms with Crippen LogP contribution in [-0.2, 0) is 17.9 Å². The third-order valence-electron chi connectivity index (χ3n) is 4.93. The average Bonchev–Trinajstić information content (AvgIpc) is 3.03. The molecule has 2 aromatic rings. The summed E-state index contributed by atoms with van der Waals surface area (Å²) in [6.45, 7) is 8.24. The van der Waals surface area contributed by atoms with Crippen LogP contribution in [0.5, 0.6) is 0 Å². The van der Waals surface area contributed by atoms with E-state index in [1.807, 2.05) is 24.1 Å². The zero-order valence-electron chi connectivity index (χ0n) is 15.4. The Kier molecular flexibility index (Phi) is 6.86. The number of benzene rings is 1. The average molecular weight is 436 g/mol. The zero-order valence-corrected chi connectivity index (χ0v) is 17.9. The van der Waals surface area contributed by atoms with Crippen molar-refractivity contribution < 1.29 is 4.79 Å². The van der Waals surface area contributed by atoms with Crippen molar-refractivity contribution in [1.82, 2.24) is 14.7 Å². The maximum atomic E-state index is 12.6. The molecule has 0 saturated carbocycles. The summed E-state index contributed by atoms with van der Waals surface area (Å²) in [5, 5.41) is 0. The van der Waals surface area contributed by atoms with Crippen molar-refractivity contribution in [2.75, 3.05) is 39.8 Å². The molecule has 3 rings (SSSR count). The lowest BCUT2D eigenvalue weighted by Crippen LogP contribution is -2.49. The SMILES string of the molecule is Cc1ccccc1CN(C)C(=O)CN1CCN(Cc2ccc(Br)s2)CC1. The van der Waals surface area contributed by atoms with E-state index in [1.165, 1.54) is 19.8 Å². The second-order valence-corrected chi connectivity index (χ2v) is 9.48. The number of aryl methyl sites for hydroxylation is 1. The zero-order chi connectivity index (χ0) is 18.5. The minimum absolute atomic E-state index is 0.198. The van der Waals surface area contributed by atoms with Crippen LogP contribution < -0.4 is 0 Å². The van der Waals surface area contributed by atoms with E-state index in [0.717, 1.165) is 32.7 Å². The van der Waals surface area contributed by atoms with Gasteiger partial charge in [-0.3, -0.25) is 14.6 Å². The number of halogens is 1. The molecular weight excluding hydrogens is 410 g/mol. The van der Waals surface area contributed by atoms with Gasteiger partial charge in [0.25, 0.3) is 0 Å². The molecule has 0 unspecified atom stereocenters. The molecular formula is C20H26BrN3OS. The van der Waals surface area contributed by atoms with E-state index >= 15 is 0 Å². The second-order valence-electron chi connectivity index (χ2n) is 6.93. The number of carbonyl (C=O) groups is 1. The molecule has 1 fully saturated rings. The van der Waals surface area contributed by atoms with Crippen LogP contribution >= 0.6 is 27.3 Å². The fraction of sp³-hybridized carbons (Fsp3) is 0.450. The number of carbonyl (C=O) groups excluding carboxylic acids is 1. The lowest BCUT2D eigenvalue weighted by molar-refractivity contribution is -0.132. The Morgan fingerprint density at radius 3 is 2.46 bits per heavy atom. The number of rotatable bonds is 6.